The number of carbonyl (C=O) groups excluding carboxylic acids is 1. The molecule has 1 fully saturated rings. The van der Waals surface area contributed by atoms with Crippen molar-refractivity contribution in [3.05, 3.63) is 30.2 Å². The van der Waals surface area contributed by atoms with Gasteiger partial charge in [-0.3, -0.25) is 4.79 Å². The summed E-state index contributed by atoms with van der Waals surface area (Å²) in [4.78, 5) is 22.6. The maximum atomic E-state index is 11.5. The third-order valence-electron chi connectivity index (χ3n) is 2.92. The summed E-state index contributed by atoms with van der Waals surface area (Å²) in [7, 11) is 0. The number of furan rings is 1. The van der Waals surface area contributed by atoms with Crippen LogP contribution in [-0.2, 0) is 9.59 Å². The Balaban J connectivity index is 1.95. The van der Waals surface area contributed by atoms with Gasteiger partial charge in [-0.15, -0.1) is 0 Å². The van der Waals surface area contributed by atoms with E-state index in [1.54, 1.807) is 12.1 Å². The fraction of sp³-hybridized carbons (Fsp3) is 0.333. The van der Waals surface area contributed by atoms with Gasteiger partial charge in [0, 0.05) is 6.08 Å². The van der Waals surface area contributed by atoms with E-state index in [1.165, 1.54) is 18.4 Å². The van der Waals surface area contributed by atoms with Gasteiger partial charge in [0.25, 0.3) is 0 Å². The van der Waals surface area contributed by atoms with Crippen molar-refractivity contribution < 1.29 is 19.1 Å². The highest BCUT2D eigenvalue weighted by atomic mass is 16.4. The molecule has 1 aliphatic carbocycles. The van der Waals surface area contributed by atoms with Crippen molar-refractivity contribution in [2.24, 2.45) is 0 Å². The standard InChI is InChI=1S/C12H13NO4/c14-10(5-4-9-3-1-8-17-9)13-12(11(15)16)6-2-7-12/h1,3-5,8H,2,6-7H2,(H,13,14)(H,15,16)/b5-4+. The molecule has 2 N–H and O–H groups in total. The van der Waals surface area contributed by atoms with Crippen molar-refractivity contribution in [1.82, 2.24) is 5.32 Å². The molecule has 0 spiro atoms. The molecule has 1 amide bonds. The predicted octanol–water partition coefficient (Wildman–Crippen LogP) is 1.42. The zero-order valence-corrected chi connectivity index (χ0v) is 9.18. The van der Waals surface area contributed by atoms with E-state index in [1.807, 2.05) is 0 Å². The third kappa shape index (κ3) is 2.38. The molecule has 1 aliphatic rings. The first-order chi connectivity index (χ1) is 8.12. The molecule has 1 saturated carbocycles. The van der Waals surface area contributed by atoms with Gasteiger partial charge >= 0.3 is 5.97 Å². The quantitative estimate of drug-likeness (QED) is 0.773. The molecule has 1 aromatic rings. The lowest BCUT2D eigenvalue weighted by Gasteiger charge is -2.37. The summed E-state index contributed by atoms with van der Waals surface area (Å²) in [6.45, 7) is 0. The number of hydrogen-bond donors (Lipinski definition) is 2. The topological polar surface area (TPSA) is 79.5 Å². The Morgan fingerprint density at radius 2 is 2.24 bits per heavy atom. The Kier molecular flexibility index (Phi) is 2.99. The van der Waals surface area contributed by atoms with Gasteiger partial charge in [-0.1, -0.05) is 0 Å². The summed E-state index contributed by atoms with van der Waals surface area (Å²) in [6.07, 6.45) is 6.09. The summed E-state index contributed by atoms with van der Waals surface area (Å²) in [5.74, 6) is -0.829. The lowest BCUT2D eigenvalue weighted by atomic mass is 9.77. The second-order valence-electron chi connectivity index (χ2n) is 4.08. The molecule has 0 radical (unpaired) electrons. The Morgan fingerprint density at radius 1 is 1.47 bits per heavy atom. The highest BCUT2D eigenvalue weighted by Gasteiger charge is 2.45. The van der Waals surface area contributed by atoms with E-state index in [0.717, 1.165) is 6.42 Å². The molecule has 5 heteroatoms. The fourth-order valence-electron chi connectivity index (χ4n) is 1.74. The first-order valence-corrected chi connectivity index (χ1v) is 5.39. The smallest absolute Gasteiger partial charge is 0.329 e. The molecule has 0 atom stereocenters. The Morgan fingerprint density at radius 3 is 2.71 bits per heavy atom. The SMILES string of the molecule is O=C(/C=C/c1ccco1)NC1(C(=O)O)CCC1. The molecular weight excluding hydrogens is 222 g/mol. The largest absolute Gasteiger partial charge is 0.480 e. The Hall–Kier alpha value is -2.04. The lowest BCUT2D eigenvalue weighted by Crippen LogP contribution is -2.58. The van der Waals surface area contributed by atoms with E-state index >= 15 is 0 Å². The number of hydrogen-bond acceptors (Lipinski definition) is 3. The average molecular weight is 235 g/mol. The van der Waals surface area contributed by atoms with Crippen molar-refractivity contribution >= 4 is 18.0 Å². The van der Waals surface area contributed by atoms with Crippen LogP contribution in [0.15, 0.2) is 28.9 Å². The highest BCUT2D eigenvalue weighted by Crippen LogP contribution is 2.31. The molecule has 90 valence electrons. The molecule has 17 heavy (non-hydrogen) atoms. The van der Waals surface area contributed by atoms with Crippen LogP contribution in [0.25, 0.3) is 6.08 Å². The van der Waals surface area contributed by atoms with E-state index < -0.39 is 17.4 Å². The highest BCUT2D eigenvalue weighted by molar-refractivity contribution is 5.95. The monoisotopic (exact) mass is 235 g/mol. The molecule has 2 rings (SSSR count). The summed E-state index contributed by atoms with van der Waals surface area (Å²) >= 11 is 0. The van der Waals surface area contributed by atoms with Gasteiger partial charge in [-0.2, -0.15) is 0 Å². The van der Waals surface area contributed by atoms with Crippen LogP contribution in [0.4, 0.5) is 0 Å². The molecule has 1 heterocycles. The van der Waals surface area contributed by atoms with E-state index in [0.29, 0.717) is 18.6 Å². The number of amides is 1. The number of aliphatic carboxylic acids is 1. The van der Waals surface area contributed by atoms with E-state index in [-0.39, 0.29) is 0 Å². The molecular formula is C12H13NO4. The van der Waals surface area contributed by atoms with Crippen LogP contribution in [0, 0.1) is 0 Å². The normalized spacial score (nSPS) is 17.6. The van der Waals surface area contributed by atoms with E-state index in [9.17, 15) is 9.59 Å². The summed E-state index contributed by atoms with van der Waals surface area (Å²) in [6, 6.07) is 3.42. The van der Waals surface area contributed by atoms with Gasteiger partial charge in [-0.25, -0.2) is 4.79 Å². The maximum absolute atomic E-state index is 11.5. The van der Waals surface area contributed by atoms with E-state index in [4.69, 9.17) is 9.52 Å². The van der Waals surface area contributed by atoms with Crippen LogP contribution in [0.5, 0.6) is 0 Å². The van der Waals surface area contributed by atoms with Gasteiger partial charge in [0.1, 0.15) is 11.3 Å². The van der Waals surface area contributed by atoms with Gasteiger partial charge in [-0.05, 0) is 37.5 Å². The van der Waals surface area contributed by atoms with E-state index in [2.05, 4.69) is 5.32 Å². The molecule has 0 saturated heterocycles. The molecule has 5 nitrogen and oxygen atoms in total. The molecule has 0 bridgehead atoms. The predicted molar refractivity (Wildman–Crippen MR) is 60.1 cm³/mol. The first kappa shape index (κ1) is 11.4. The first-order valence-electron chi connectivity index (χ1n) is 5.39. The molecule has 0 aromatic carbocycles. The summed E-state index contributed by atoms with van der Waals surface area (Å²) < 4.78 is 5.02. The second-order valence-corrected chi connectivity index (χ2v) is 4.08. The zero-order chi connectivity index (χ0) is 12.3. The van der Waals surface area contributed by atoms with Crippen LogP contribution >= 0.6 is 0 Å². The van der Waals surface area contributed by atoms with Crippen LogP contribution in [0.3, 0.4) is 0 Å². The maximum Gasteiger partial charge on any atom is 0.329 e. The molecule has 0 aliphatic heterocycles. The second kappa shape index (κ2) is 4.45. The Bertz CT molecular complexity index is 443. The minimum Gasteiger partial charge on any atom is -0.480 e. The van der Waals surface area contributed by atoms with Gasteiger partial charge in [0.2, 0.25) is 5.91 Å². The van der Waals surface area contributed by atoms with Crippen molar-refractivity contribution in [3.8, 4) is 0 Å². The molecule has 1 aromatic heterocycles. The van der Waals surface area contributed by atoms with Crippen LogP contribution < -0.4 is 5.32 Å². The number of rotatable bonds is 4. The summed E-state index contributed by atoms with van der Waals surface area (Å²) in [5, 5.41) is 11.6. The Labute approximate surface area is 98.1 Å². The van der Waals surface area contributed by atoms with Gasteiger partial charge in [0.15, 0.2) is 0 Å². The van der Waals surface area contributed by atoms with Crippen LogP contribution in [-0.4, -0.2) is 22.5 Å². The fourth-order valence-corrected chi connectivity index (χ4v) is 1.74. The number of nitrogens with one attached hydrogen (secondary N) is 1. The zero-order valence-electron chi connectivity index (χ0n) is 9.18. The molecule has 0 unspecified atom stereocenters. The van der Waals surface area contributed by atoms with Gasteiger partial charge in [0.05, 0.1) is 6.26 Å². The summed E-state index contributed by atoms with van der Waals surface area (Å²) in [5.41, 5.74) is -1.06. The number of carboxylic acids is 1. The average Bonchev–Trinajstić information content (AvgIpc) is 2.72. The van der Waals surface area contributed by atoms with Crippen molar-refractivity contribution in [3.63, 3.8) is 0 Å². The lowest BCUT2D eigenvalue weighted by molar-refractivity contribution is -0.151. The van der Waals surface area contributed by atoms with Gasteiger partial charge < -0.3 is 14.8 Å². The van der Waals surface area contributed by atoms with Crippen molar-refractivity contribution in [1.29, 1.82) is 0 Å². The number of carbonyl (C=O) groups is 2. The van der Waals surface area contributed by atoms with Crippen molar-refractivity contribution in [2.75, 3.05) is 0 Å². The third-order valence-corrected chi connectivity index (χ3v) is 2.92. The minimum atomic E-state index is -1.06. The minimum absolute atomic E-state index is 0.413. The number of carboxylic acid groups (broad SMARTS) is 1. The van der Waals surface area contributed by atoms with Crippen LogP contribution in [0.2, 0.25) is 0 Å². The van der Waals surface area contributed by atoms with Crippen molar-refractivity contribution in [2.45, 2.75) is 24.8 Å². The van der Waals surface area contributed by atoms with Crippen LogP contribution in [0.1, 0.15) is 25.0 Å².